The smallest absolute Gasteiger partial charge is 0.480 e. The molecule has 1 aliphatic carbocycles. The molecular formula is C29H43NO10. The van der Waals surface area contributed by atoms with Crippen LogP contribution in [0.5, 0.6) is 11.5 Å². The zero-order valence-corrected chi connectivity index (χ0v) is 24.5. The highest BCUT2D eigenvalue weighted by atomic mass is 16.8. The molecule has 2 rings (SSSR count). The lowest BCUT2D eigenvalue weighted by Gasteiger charge is -2.29. The summed E-state index contributed by atoms with van der Waals surface area (Å²) in [6.45, 7) is 11.6. The molecule has 1 aromatic rings. The average molecular weight is 566 g/mol. The maximum Gasteiger partial charge on any atom is 0.514 e. The van der Waals surface area contributed by atoms with E-state index in [9.17, 15) is 24.3 Å². The van der Waals surface area contributed by atoms with Gasteiger partial charge in [-0.3, -0.25) is 9.59 Å². The molecule has 1 fully saturated rings. The van der Waals surface area contributed by atoms with Gasteiger partial charge in [0.1, 0.15) is 22.8 Å². The number of carbonyl (C=O) groups excluding carboxylic acids is 3. The third kappa shape index (κ3) is 11.0. The lowest BCUT2D eigenvalue weighted by molar-refractivity contribution is -0.158. The third-order valence-electron chi connectivity index (χ3n) is 6.03. The highest BCUT2D eigenvalue weighted by Gasteiger charge is 2.38. The summed E-state index contributed by atoms with van der Waals surface area (Å²) in [5.74, 6) is -2.15. The molecular weight excluding hydrogens is 522 g/mol. The van der Waals surface area contributed by atoms with Crippen LogP contribution in [0.15, 0.2) is 18.2 Å². The molecule has 2 atom stereocenters. The third-order valence-corrected chi connectivity index (χ3v) is 6.03. The van der Waals surface area contributed by atoms with E-state index in [-0.39, 0.29) is 36.2 Å². The molecule has 0 aliphatic heterocycles. The van der Waals surface area contributed by atoms with Gasteiger partial charge in [-0.15, -0.1) is 0 Å². The molecule has 11 nitrogen and oxygen atoms in total. The van der Waals surface area contributed by atoms with Crippen molar-refractivity contribution in [2.75, 3.05) is 0 Å². The van der Waals surface area contributed by atoms with Gasteiger partial charge in [0.2, 0.25) is 0 Å². The van der Waals surface area contributed by atoms with Crippen LogP contribution in [0.4, 0.5) is 9.59 Å². The topological polar surface area (TPSA) is 161 Å². The zero-order valence-electron chi connectivity index (χ0n) is 24.5. The fourth-order valence-electron chi connectivity index (χ4n) is 4.33. The number of nitrogens with two attached hydrogens (primary N) is 1. The number of hydrogen-bond acceptors (Lipinski definition) is 10. The molecule has 224 valence electrons. The Hall–Kier alpha value is -3.34. The van der Waals surface area contributed by atoms with E-state index >= 15 is 0 Å². The lowest BCUT2D eigenvalue weighted by Crippen LogP contribution is -2.52. The largest absolute Gasteiger partial charge is 0.514 e. The predicted molar refractivity (Wildman–Crippen MR) is 145 cm³/mol. The van der Waals surface area contributed by atoms with Crippen LogP contribution in [0.25, 0.3) is 0 Å². The molecule has 0 aromatic heterocycles. The second-order valence-corrected chi connectivity index (χ2v) is 12.3. The Balaban J connectivity index is 2.25. The minimum atomic E-state index is -1.82. The summed E-state index contributed by atoms with van der Waals surface area (Å²) in [7, 11) is 0. The fourth-order valence-corrected chi connectivity index (χ4v) is 4.33. The second-order valence-electron chi connectivity index (χ2n) is 12.3. The number of benzene rings is 1. The zero-order chi connectivity index (χ0) is 30.3. The van der Waals surface area contributed by atoms with Crippen molar-refractivity contribution >= 4 is 24.2 Å². The fraction of sp³-hybridized carbons (Fsp3) is 0.655. The number of aliphatic carboxylic acids is 1. The molecule has 1 aliphatic rings. The van der Waals surface area contributed by atoms with Crippen LogP contribution in [0, 0.1) is 5.92 Å². The molecule has 0 spiro atoms. The molecule has 1 saturated carbocycles. The van der Waals surface area contributed by atoms with Crippen LogP contribution in [0.1, 0.15) is 92.6 Å². The van der Waals surface area contributed by atoms with E-state index in [1.165, 1.54) is 18.2 Å². The number of rotatable bonds is 9. The molecule has 0 bridgehead atoms. The van der Waals surface area contributed by atoms with Crippen molar-refractivity contribution < 1.29 is 48.0 Å². The Morgan fingerprint density at radius 2 is 1.43 bits per heavy atom. The van der Waals surface area contributed by atoms with Gasteiger partial charge in [0.05, 0.1) is 5.92 Å². The van der Waals surface area contributed by atoms with E-state index < -0.39 is 41.1 Å². The number of carbonyl (C=O) groups is 4. The first-order valence-corrected chi connectivity index (χ1v) is 13.5. The summed E-state index contributed by atoms with van der Waals surface area (Å²) in [5.41, 5.74) is 3.18. The quantitative estimate of drug-likeness (QED) is 0.220. The van der Waals surface area contributed by atoms with Gasteiger partial charge in [-0.25, -0.2) is 9.59 Å². The number of carboxylic acids is 1. The van der Waals surface area contributed by atoms with E-state index in [2.05, 4.69) is 0 Å². The van der Waals surface area contributed by atoms with E-state index in [1.807, 2.05) is 0 Å². The summed E-state index contributed by atoms with van der Waals surface area (Å²) in [6.07, 6.45) is 1.35. The van der Waals surface area contributed by atoms with E-state index in [1.54, 1.807) is 48.5 Å². The molecule has 40 heavy (non-hydrogen) atoms. The van der Waals surface area contributed by atoms with E-state index in [4.69, 9.17) is 29.4 Å². The summed E-state index contributed by atoms with van der Waals surface area (Å²) >= 11 is 0. The first kappa shape index (κ1) is 32.9. The molecule has 0 saturated heterocycles. The Morgan fingerprint density at radius 1 is 0.900 bits per heavy atom. The maximum absolute atomic E-state index is 12.6. The first-order chi connectivity index (χ1) is 18.4. The van der Waals surface area contributed by atoms with Crippen molar-refractivity contribution in [2.45, 2.75) is 116 Å². The van der Waals surface area contributed by atoms with E-state index in [0.29, 0.717) is 5.56 Å². The van der Waals surface area contributed by atoms with Gasteiger partial charge in [-0.05, 0) is 79.0 Å². The second kappa shape index (κ2) is 13.3. The van der Waals surface area contributed by atoms with Gasteiger partial charge >= 0.3 is 24.2 Å². The number of hydrogen-bond donors (Lipinski definition) is 2. The first-order valence-electron chi connectivity index (χ1n) is 13.5. The molecule has 3 N–H and O–H groups in total. The van der Waals surface area contributed by atoms with Crippen LogP contribution < -0.4 is 15.2 Å². The lowest BCUT2D eigenvalue weighted by atomic mass is 9.86. The van der Waals surface area contributed by atoms with E-state index in [0.717, 1.165) is 32.1 Å². The number of ether oxygens (including phenoxy) is 5. The van der Waals surface area contributed by atoms with Gasteiger partial charge in [-0.1, -0.05) is 25.3 Å². The molecule has 0 amide bonds. The number of esters is 1. The maximum atomic E-state index is 12.6. The molecule has 1 aromatic carbocycles. The predicted octanol–water partition coefficient (Wildman–Crippen LogP) is 5.54. The highest BCUT2D eigenvalue weighted by molar-refractivity contribution is 5.79. The monoisotopic (exact) mass is 565 g/mol. The van der Waals surface area contributed by atoms with Gasteiger partial charge in [0.15, 0.2) is 11.5 Å². The minimum absolute atomic E-state index is 0.142. The van der Waals surface area contributed by atoms with Crippen LogP contribution in [-0.4, -0.2) is 52.2 Å². The standard InChI is InChI=1S/C29H43NO10/c1-18(36-23(31)20-11-9-8-10-12-20)16-29(30,24(32)33)17-19-13-14-21(37-25(34)39-27(2,3)4)22(15-19)38-26(35)40-28(5,6)7/h13-15,18,20H,8-12,16-17,30H2,1-7H3,(H,32,33)/t18-,29?/m0/s1. The van der Waals surface area contributed by atoms with Gasteiger partial charge in [0, 0.05) is 12.8 Å². The normalized spacial score (nSPS) is 16.7. The summed E-state index contributed by atoms with van der Waals surface area (Å²) in [4.78, 5) is 49.5. The molecule has 0 heterocycles. The minimum Gasteiger partial charge on any atom is -0.480 e. The Kier molecular flexibility index (Phi) is 11.0. The van der Waals surface area contributed by atoms with Crippen LogP contribution in [-0.2, 0) is 30.2 Å². The van der Waals surface area contributed by atoms with Crippen LogP contribution in [0.2, 0.25) is 0 Å². The van der Waals surface area contributed by atoms with Crippen molar-refractivity contribution in [2.24, 2.45) is 11.7 Å². The SMILES string of the molecule is C[C@@H](CC(N)(Cc1ccc(OC(=O)OC(C)(C)C)c(OC(=O)OC(C)(C)C)c1)C(=O)O)OC(=O)C1CCCCC1. The summed E-state index contributed by atoms with van der Waals surface area (Å²) in [5, 5.41) is 9.99. The van der Waals surface area contributed by atoms with Crippen molar-refractivity contribution in [3.8, 4) is 11.5 Å². The molecule has 0 radical (unpaired) electrons. The summed E-state index contributed by atoms with van der Waals surface area (Å²) in [6, 6.07) is 4.17. The molecule has 1 unspecified atom stereocenters. The summed E-state index contributed by atoms with van der Waals surface area (Å²) < 4.78 is 26.5. The number of carboxylic acid groups (broad SMARTS) is 1. The molecule has 11 heteroatoms. The Morgan fingerprint density at radius 3 is 1.93 bits per heavy atom. The highest BCUT2D eigenvalue weighted by Crippen LogP contribution is 2.32. The van der Waals surface area contributed by atoms with Gasteiger partial charge in [0.25, 0.3) is 0 Å². The van der Waals surface area contributed by atoms with Crippen LogP contribution in [0.3, 0.4) is 0 Å². The van der Waals surface area contributed by atoms with Crippen molar-refractivity contribution in [1.82, 2.24) is 0 Å². The van der Waals surface area contributed by atoms with Gasteiger partial charge in [-0.2, -0.15) is 0 Å². The van der Waals surface area contributed by atoms with Crippen molar-refractivity contribution in [3.63, 3.8) is 0 Å². The van der Waals surface area contributed by atoms with Crippen molar-refractivity contribution in [3.05, 3.63) is 23.8 Å². The average Bonchev–Trinajstić information content (AvgIpc) is 2.78. The van der Waals surface area contributed by atoms with Gasteiger partial charge < -0.3 is 34.5 Å². The van der Waals surface area contributed by atoms with Crippen molar-refractivity contribution in [1.29, 1.82) is 0 Å². The van der Waals surface area contributed by atoms with Crippen LogP contribution >= 0.6 is 0 Å². The Bertz CT molecular complexity index is 1070. The Labute approximate surface area is 235 Å².